The maximum atomic E-state index is 13.4. The van der Waals surface area contributed by atoms with E-state index in [1.807, 2.05) is 34.1 Å². The average Bonchev–Trinajstić information content (AvgIpc) is 3.77. The molecule has 0 spiro atoms. The number of ether oxygens (including phenoxy) is 2. The summed E-state index contributed by atoms with van der Waals surface area (Å²) in [4.78, 5) is 55.5. The molecule has 4 amide bonds. The monoisotopic (exact) mass is 636 g/mol. The fourth-order valence-corrected chi connectivity index (χ4v) is 6.75. The second-order valence-electron chi connectivity index (χ2n) is 13.0. The van der Waals surface area contributed by atoms with Gasteiger partial charge in [0.05, 0.1) is 6.04 Å². The average molecular weight is 637 g/mol. The number of benzene rings is 3. The van der Waals surface area contributed by atoms with Crippen LogP contribution in [-0.4, -0.2) is 77.9 Å². The highest BCUT2D eigenvalue weighted by Crippen LogP contribution is 2.34. The highest BCUT2D eigenvalue weighted by Gasteiger charge is 2.40. The van der Waals surface area contributed by atoms with Crippen LogP contribution in [0.2, 0.25) is 0 Å². The Balaban J connectivity index is 1.08. The van der Waals surface area contributed by atoms with E-state index in [2.05, 4.69) is 22.8 Å². The van der Waals surface area contributed by atoms with E-state index >= 15 is 0 Å². The van der Waals surface area contributed by atoms with E-state index in [0.29, 0.717) is 74.4 Å². The molecule has 3 heterocycles. The molecule has 3 aromatic carbocycles. The van der Waals surface area contributed by atoms with Gasteiger partial charge in [-0.15, -0.1) is 0 Å². The molecule has 3 aromatic rings. The van der Waals surface area contributed by atoms with Crippen LogP contribution in [0.5, 0.6) is 11.5 Å². The summed E-state index contributed by atoms with van der Waals surface area (Å²) in [6, 6.07) is 22.4. The summed E-state index contributed by atoms with van der Waals surface area (Å²) in [5.41, 5.74) is 2.83. The van der Waals surface area contributed by atoms with Crippen LogP contribution in [0, 0.1) is 0 Å². The molecule has 3 saturated heterocycles. The smallest absolute Gasteiger partial charge is 0.251 e. The first-order valence-electron chi connectivity index (χ1n) is 16.6. The zero-order chi connectivity index (χ0) is 32.3. The van der Waals surface area contributed by atoms with Gasteiger partial charge in [0.2, 0.25) is 11.8 Å². The Morgan fingerprint density at radius 2 is 1.47 bits per heavy atom. The Kier molecular flexibility index (Phi) is 8.93. The molecule has 4 fully saturated rings. The number of carbonyl (C=O) groups excluding carboxylic acids is 4. The first-order valence-corrected chi connectivity index (χ1v) is 16.6. The predicted molar refractivity (Wildman–Crippen MR) is 174 cm³/mol. The van der Waals surface area contributed by atoms with E-state index in [4.69, 9.17) is 9.47 Å². The molecule has 2 atom stereocenters. The molecule has 1 saturated carbocycles. The minimum Gasteiger partial charge on any atom is -0.457 e. The molecular formula is C37H40N4O6. The van der Waals surface area contributed by atoms with Crippen molar-refractivity contribution < 1.29 is 28.7 Å². The van der Waals surface area contributed by atoms with Crippen molar-refractivity contribution in [2.75, 3.05) is 26.3 Å². The molecule has 10 heteroatoms. The zero-order valence-corrected chi connectivity index (χ0v) is 26.4. The van der Waals surface area contributed by atoms with E-state index in [1.165, 1.54) is 0 Å². The van der Waals surface area contributed by atoms with Crippen LogP contribution < -0.4 is 15.4 Å². The van der Waals surface area contributed by atoms with Crippen molar-refractivity contribution in [1.82, 2.24) is 20.4 Å². The number of rotatable bonds is 10. The highest BCUT2D eigenvalue weighted by atomic mass is 16.5. The van der Waals surface area contributed by atoms with Gasteiger partial charge in [0.25, 0.3) is 11.8 Å². The summed E-state index contributed by atoms with van der Waals surface area (Å²) in [5.74, 6) is 0.802. The van der Waals surface area contributed by atoms with Crippen molar-refractivity contribution in [1.29, 1.82) is 0 Å². The van der Waals surface area contributed by atoms with Crippen molar-refractivity contribution >= 4 is 23.6 Å². The lowest BCUT2D eigenvalue weighted by Crippen LogP contribution is -2.38. The molecule has 47 heavy (non-hydrogen) atoms. The SMILES string of the molecule is O=C(NC1CCOCC1)c1ccc(Oc2cc(C(=O)N[C@H]3CC(=O)N(C4CC4)C3)ccc2CN2C[C@H](c3ccccc3)CC2=O)cc1. The second-order valence-corrected chi connectivity index (χ2v) is 13.0. The van der Waals surface area contributed by atoms with Gasteiger partial charge in [-0.2, -0.15) is 0 Å². The standard InChI is InChI=1S/C37H40N4O6/c42-34-19-28(24-4-2-1-3-5-24)22-40(34)21-27-7-6-26(37(45)39-30-20-35(43)41(23-30)31-10-11-31)18-33(27)47-32-12-8-25(9-13-32)36(44)38-29-14-16-46-17-15-29/h1-9,12-13,18,28-31H,10-11,14-17,19-23H2,(H,38,44)(H,39,45)/t28-,30+/m1/s1. The third-order valence-corrected chi connectivity index (χ3v) is 9.56. The number of amides is 4. The van der Waals surface area contributed by atoms with Crippen LogP contribution in [0.15, 0.2) is 72.8 Å². The van der Waals surface area contributed by atoms with E-state index in [1.54, 1.807) is 36.4 Å². The van der Waals surface area contributed by atoms with Crippen LogP contribution in [0.25, 0.3) is 0 Å². The van der Waals surface area contributed by atoms with Crippen molar-refractivity contribution in [3.05, 3.63) is 95.1 Å². The Labute approximate surface area is 274 Å². The Morgan fingerprint density at radius 3 is 2.21 bits per heavy atom. The predicted octanol–water partition coefficient (Wildman–Crippen LogP) is 4.40. The van der Waals surface area contributed by atoms with Crippen LogP contribution in [0.3, 0.4) is 0 Å². The summed E-state index contributed by atoms with van der Waals surface area (Å²) >= 11 is 0. The largest absolute Gasteiger partial charge is 0.457 e. The number of carbonyl (C=O) groups is 4. The van der Waals surface area contributed by atoms with E-state index in [0.717, 1.165) is 36.8 Å². The van der Waals surface area contributed by atoms with Gasteiger partial charge in [0.15, 0.2) is 0 Å². The molecule has 7 rings (SSSR count). The van der Waals surface area contributed by atoms with Crippen LogP contribution in [-0.2, 0) is 20.9 Å². The highest BCUT2D eigenvalue weighted by molar-refractivity contribution is 5.96. The Bertz CT molecular complexity index is 1630. The van der Waals surface area contributed by atoms with Crippen molar-refractivity contribution in [3.8, 4) is 11.5 Å². The summed E-state index contributed by atoms with van der Waals surface area (Å²) in [6.45, 7) is 2.74. The Hall–Kier alpha value is -4.70. The van der Waals surface area contributed by atoms with Crippen molar-refractivity contribution in [3.63, 3.8) is 0 Å². The summed E-state index contributed by atoms with van der Waals surface area (Å²) in [7, 11) is 0. The molecule has 0 aromatic heterocycles. The number of likely N-dealkylation sites (tertiary alicyclic amines) is 2. The Morgan fingerprint density at radius 1 is 0.766 bits per heavy atom. The fraction of sp³-hybridized carbons (Fsp3) is 0.405. The first kappa shape index (κ1) is 30.9. The molecule has 10 nitrogen and oxygen atoms in total. The maximum Gasteiger partial charge on any atom is 0.251 e. The van der Waals surface area contributed by atoms with Gasteiger partial charge in [0.1, 0.15) is 11.5 Å². The molecule has 0 radical (unpaired) electrons. The lowest BCUT2D eigenvalue weighted by Gasteiger charge is -2.23. The number of hydrogen-bond acceptors (Lipinski definition) is 6. The molecule has 1 aliphatic carbocycles. The summed E-state index contributed by atoms with van der Waals surface area (Å²) in [6.07, 6.45) is 4.39. The van der Waals surface area contributed by atoms with Crippen LogP contribution in [0.1, 0.15) is 76.3 Å². The number of hydrogen-bond donors (Lipinski definition) is 2. The van der Waals surface area contributed by atoms with E-state index < -0.39 is 0 Å². The molecule has 2 N–H and O–H groups in total. The zero-order valence-electron chi connectivity index (χ0n) is 26.4. The maximum absolute atomic E-state index is 13.4. The third kappa shape index (κ3) is 7.33. The normalized spacial score (nSPS) is 21.6. The third-order valence-electron chi connectivity index (χ3n) is 9.56. The number of nitrogens with zero attached hydrogens (tertiary/aromatic N) is 2. The van der Waals surface area contributed by atoms with Gasteiger partial charge in [0, 0.05) is 80.4 Å². The number of nitrogens with one attached hydrogen (secondary N) is 2. The lowest BCUT2D eigenvalue weighted by atomic mass is 9.98. The topological polar surface area (TPSA) is 117 Å². The molecule has 3 aliphatic heterocycles. The molecule has 0 unspecified atom stereocenters. The van der Waals surface area contributed by atoms with Gasteiger partial charge >= 0.3 is 0 Å². The molecule has 244 valence electrons. The minimum absolute atomic E-state index is 0.0673. The molecule has 0 bridgehead atoms. The van der Waals surface area contributed by atoms with Gasteiger partial charge in [-0.3, -0.25) is 19.2 Å². The quantitative estimate of drug-likeness (QED) is 0.341. The van der Waals surface area contributed by atoms with E-state index in [-0.39, 0.29) is 41.6 Å². The van der Waals surface area contributed by atoms with Crippen molar-refractivity contribution in [2.24, 2.45) is 0 Å². The summed E-state index contributed by atoms with van der Waals surface area (Å²) in [5, 5.41) is 6.10. The first-order chi connectivity index (χ1) is 22.9. The van der Waals surface area contributed by atoms with Crippen LogP contribution in [0.4, 0.5) is 0 Å². The lowest BCUT2D eigenvalue weighted by molar-refractivity contribution is -0.129. The van der Waals surface area contributed by atoms with Gasteiger partial charge in [-0.1, -0.05) is 36.4 Å². The molecular weight excluding hydrogens is 596 g/mol. The molecule has 4 aliphatic rings. The van der Waals surface area contributed by atoms with Gasteiger partial charge < -0.3 is 29.9 Å². The second kappa shape index (κ2) is 13.6. The van der Waals surface area contributed by atoms with Crippen molar-refractivity contribution in [2.45, 2.75) is 69.1 Å². The fourth-order valence-electron chi connectivity index (χ4n) is 6.75. The summed E-state index contributed by atoms with van der Waals surface area (Å²) < 4.78 is 11.7. The minimum atomic E-state index is -0.279. The van der Waals surface area contributed by atoms with Gasteiger partial charge in [-0.25, -0.2) is 0 Å². The van der Waals surface area contributed by atoms with Gasteiger partial charge in [-0.05, 0) is 67.6 Å². The van der Waals surface area contributed by atoms with Crippen LogP contribution >= 0.6 is 0 Å². The van der Waals surface area contributed by atoms with E-state index in [9.17, 15) is 19.2 Å².